The highest BCUT2D eigenvalue weighted by atomic mass is 16.5. The zero-order valence-corrected chi connectivity index (χ0v) is 8.96. The molecule has 1 rings (SSSR count). The van der Waals surface area contributed by atoms with E-state index in [1.807, 2.05) is 19.1 Å². The first-order valence-corrected chi connectivity index (χ1v) is 4.65. The van der Waals surface area contributed by atoms with E-state index in [0.29, 0.717) is 6.61 Å². The number of nitrogens with one attached hydrogen (secondary N) is 1. The maximum Gasteiger partial charge on any atom is 0.121 e. The Balaban J connectivity index is 2.57. The fourth-order valence-corrected chi connectivity index (χ4v) is 1.29. The first kappa shape index (κ1) is 10.9. The summed E-state index contributed by atoms with van der Waals surface area (Å²) >= 11 is 0. The van der Waals surface area contributed by atoms with Gasteiger partial charge in [0, 0.05) is 19.3 Å². The summed E-state index contributed by atoms with van der Waals surface area (Å²) in [4.78, 5) is 0. The van der Waals surface area contributed by atoms with E-state index in [1.165, 1.54) is 0 Å². The van der Waals surface area contributed by atoms with Crippen LogP contribution in [0.15, 0.2) is 18.2 Å². The van der Waals surface area contributed by atoms with Crippen LogP contribution in [0.25, 0.3) is 0 Å². The lowest BCUT2D eigenvalue weighted by Crippen LogP contribution is -2.07. The maximum absolute atomic E-state index is 5.17. The molecule has 0 fully saturated rings. The summed E-state index contributed by atoms with van der Waals surface area (Å²) in [6.45, 7) is 3.56. The van der Waals surface area contributed by atoms with Gasteiger partial charge in [-0.05, 0) is 30.7 Å². The van der Waals surface area contributed by atoms with Gasteiger partial charge in [0.2, 0.25) is 0 Å². The van der Waals surface area contributed by atoms with Gasteiger partial charge in [-0.1, -0.05) is 0 Å². The first-order chi connectivity index (χ1) is 6.77. The molecule has 0 radical (unpaired) electrons. The maximum atomic E-state index is 5.17. The van der Waals surface area contributed by atoms with E-state index in [9.17, 15) is 0 Å². The van der Waals surface area contributed by atoms with Crippen molar-refractivity contribution in [3.8, 4) is 5.75 Å². The van der Waals surface area contributed by atoms with Crippen LogP contribution in [0.2, 0.25) is 0 Å². The number of methoxy groups -OCH3 is 2. The molecule has 14 heavy (non-hydrogen) atoms. The summed E-state index contributed by atoms with van der Waals surface area (Å²) < 4.78 is 10.1. The van der Waals surface area contributed by atoms with Crippen LogP contribution < -0.4 is 10.1 Å². The topological polar surface area (TPSA) is 30.5 Å². The van der Waals surface area contributed by atoms with Crippen molar-refractivity contribution in [2.24, 2.45) is 0 Å². The van der Waals surface area contributed by atoms with Crippen molar-refractivity contribution < 1.29 is 9.47 Å². The van der Waals surface area contributed by atoms with Crippen LogP contribution in [0.5, 0.6) is 5.75 Å². The fraction of sp³-hybridized carbons (Fsp3) is 0.455. The Labute approximate surface area is 85.0 Å². The SMILES string of the molecule is COCCNc1ccc(OC)c(C)c1. The van der Waals surface area contributed by atoms with Crippen molar-refractivity contribution in [3.63, 3.8) is 0 Å². The molecule has 0 aliphatic rings. The molecule has 0 saturated heterocycles. The summed E-state index contributed by atoms with van der Waals surface area (Å²) in [6.07, 6.45) is 0. The second-order valence-electron chi connectivity index (χ2n) is 3.10. The molecule has 3 nitrogen and oxygen atoms in total. The van der Waals surface area contributed by atoms with Gasteiger partial charge in [0.1, 0.15) is 5.75 Å². The summed E-state index contributed by atoms with van der Waals surface area (Å²) in [5.74, 6) is 0.919. The molecule has 0 saturated carbocycles. The monoisotopic (exact) mass is 195 g/mol. The second-order valence-corrected chi connectivity index (χ2v) is 3.10. The number of rotatable bonds is 5. The summed E-state index contributed by atoms with van der Waals surface area (Å²) in [5.41, 5.74) is 2.23. The van der Waals surface area contributed by atoms with Crippen LogP contribution in [0, 0.1) is 6.92 Å². The molecule has 0 heterocycles. The molecule has 1 aromatic carbocycles. The van der Waals surface area contributed by atoms with Gasteiger partial charge in [-0.25, -0.2) is 0 Å². The number of ether oxygens (including phenoxy) is 2. The van der Waals surface area contributed by atoms with E-state index in [2.05, 4.69) is 11.4 Å². The third kappa shape index (κ3) is 2.92. The van der Waals surface area contributed by atoms with Gasteiger partial charge in [-0.3, -0.25) is 0 Å². The molecule has 0 atom stereocenters. The molecule has 1 N–H and O–H groups in total. The highest BCUT2D eigenvalue weighted by molar-refractivity contribution is 5.50. The highest BCUT2D eigenvalue weighted by Gasteiger charge is 1.98. The molecular formula is C11H17NO2. The minimum Gasteiger partial charge on any atom is -0.496 e. The van der Waals surface area contributed by atoms with E-state index in [-0.39, 0.29) is 0 Å². The van der Waals surface area contributed by atoms with Crippen LogP contribution in [0.1, 0.15) is 5.56 Å². The summed E-state index contributed by atoms with van der Waals surface area (Å²) in [7, 11) is 3.38. The van der Waals surface area contributed by atoms with Crippen LogP contribution in [0.4, 0.5) is 5.69 Å². The molecular weight excluding hydrogens is 178 g/mol. The Morgan fingerprint density at radius 3 is 2.64 bits per heavy atom. The van der Waals surface area contributed by atoms with E-state index in [4.69, 9.17) is 9.47 Å². The number of hydrogen-bond donors (Lipinski definition) is 1. The largest absolute Gasteiger partial charge is 0.496 e. The number of anilines is 1. The van der Waals surface area contributed by atoms with E-state index in [0.717, 1.165) is 23.5 Å². The smallest absolute Gasteiger partial charge is 0.121 e. The zero-order chi connectivity index (χ0) is 10.4. The Hall–Kier alpha value is -1.22. The fourth-order valence-electron chi connectivity index (χ4n) is 1.29. The number of hydrogen-bond acceptors (Lipinski definition) is 3. The molecule has 1 aromatic rings. The van der Waals surface area contributed by atoms with Crippen LogP contribution in [0.3, 0.4) is 0 Å². The number of benzene rings is 1. The Morgan fingerprint density at radius 2 is 2.07 bits per heavy atom. The lowest BCUT2D eigenvalue weighted by Gasteiger charge is -2.09. The van der Waals surface area contributed by atoms with Crippen molar-refractivity contribution in [1.29, 1.82) is 0 Å². The molecule has 78 valence electrons. The van der Waals surface area contributed by atoms with Crippen molar-refractivity contribution in [1.82, 2.24) is 0 Å². The van der Waals surface area contributed by atoms with Gasteiger partial charge in [0.25, 0.3) is 0 Å². The molecule has 0 unspecified atom stereocenters. The Kier molecular flexibility index (Phi) is 4.26. The zero-order valence-electron chi connectivity index (χ0n) is 8.96. The van der Waals surface area contributed by atoms with Crippen molar-refractivity contribution in [2.45, 2.75) is 6.92 Å². The van der Waals surface area contributed by atoms with E-state index >= 15 is 0 Å². The van der Waals surface area contributed by atoms with Gasteiger partial charge >= 0.3 is 0 Å². The Bertz CT molecular complexity index is 287. The van der Waals surface area contributed by atoms with Crippen LogP contribution >= 0.6 is 0 Å². The summed E-state index contributed by atoms with van der Waals surface area (Å²) in [5, 5.41) is 3.26. The van der Waals surface area contributed by atoms with Gasteiger partial charge in [-0.2, -0.15) is 0 Å². The highest BCUT2D eigenvalue weighted by Crippen LogP contribution is 2.20. The van der Waals surface area contributed by atoms with Crippen molar-refractivity contribution in [3.05, 3.63) is 23.8 Å². The quantitative estimate of drug-likeness (QED) is 0.729. The second kappa shape index (κ2) is 5.50. The molecule has 0 amide bonds. The normalized spacial score (nSPS) is 9.93. The van der Waals surface area contributed by atoms with Crippen molar-refractivity contribution >= 4 is 5.69 Å². The third-order valence-corrected chi connectivity index (χ3v) is 2.03. The van der Waals surface area contributed by atoms with Crippen LogP contribution in [-0.2, 0) is 4.74 Å². The van der Waals surface area contributed by atoms with E-state index in [1.54, 1.807) is 14.2 Å². The van der Waals surface area contributed by atoms with Gasteiger partial charge in [0.15, 0.2) is 0 Å². The molecule has 0 aliphatic carbocycles. The van der Waals surface area contributed by atoms with Gasteiger partial charge < -0.3 is 14.8 Å². The minimum absolute atomic E-state index is 0.713. The standard InChI is InChI=1S/C11H17NO2/c1-9-8-10(12-6-7-13-2)4-5-11(9)14-3/h4-5,8,12H,6-7H2,1-3H3. The third-order valence-electron chi connectivity index (χ3n) is 2.03. The molecule has 0 aromatic heterocycles. The molecule has 3 heteroatoms. The predicted octanol–water partition coefficient (Wildman–Crippen LogP) is 2.06. The number of aryl methyl sites for hydroxylation is 1. The molecule has 0 spiro atoms. The molecule has 0 aliphatic heterocycles. The average Bonchev–Trinajstić information content (AvgIpc) is 2.18. The minimum atomic E-state index is 0.713. The Morgan fingerprint density at radius 1 is 1.29 bits per heavy atom. The molecule has 0 bridgehead atoms. The van der Waals surface area contributed by atoms with Gasteiger partial charge in [0.05, 0.1) is 13.7 Å². The predicted molar refractivity (Wildman–Crippen MR) is 58.1 cm³/mol. The summed E-state index contributed by atoms with van der Waals surface area (Å²) in [6, 6.07) is 6.03. The van der Waals surface area contributed by atoms with Crippen LogP contribution in [-0.4, -0.2) is 27.4 Å². The van der Waals surface area contributed by atoms with Gasteiger partial charge in [-0.15, -0.1) is 0 Å². The lowest BCUT2D eigenvalue weighted by molar-refractivity contribution is 0.211. The average molecular weight is 195 g/mol. The lowest BCUT2D eigenvalue weighted by atomic mass is 10.2. The van der Waals surface area contributed by atoms with E-state index < -0.39 is 0 Å². The van der Waals surface area contributed by atoms with Crippen molar-refractivity contribution in [2.75, 3.05) is 32.7 Å². The first-order valence-electron chi connectivity index (χ1n) is 4.65.